The number of hydrogen-bond donors (Lipinski definition) is 1. The van der Waals surface area contributed by atoms with Crippen LogP contribution in [0.5, 0.6) is 0 Å². The van der Waals surface area contributed by atoms with Crippen LogP contribution in [0.15, 0.2) is 22.0 Å². The van der Waals surface area contributed by atoms with Crippen molar-refractivity contribution in [3.63, 3.8) is 0 Å². The lowest BCUT2D eigenvalue weighted by atomic mass is 9.85. The molecule has 0 fully saturated rings. The molecule has 1 N–H and O–H groups in total. The summed E-state index contributed by atoms with van der Waals surface area (Å²) < 4.78 is 22.1. The van der Waals surface area contributed by atoms with Crippen LogP contribution >= 0.6 is 0 Å². The van der Waals surface area contributed by atoms with Gasteiger partial charge in [0, 0.05) is 11.3 Å². The zero-order valence-corrected chi connectivity index (χ0v) is 6.63. The van der Waals surface area contributed by atoms with E-state index in [1.165, 1.54) is 5.41 Å². The Balaban J connectivity index is 2.43. The van der Waals surface area contributed by atoms with E-state index in [1.54, 1.807) is 6.08 Å². The fourth-order valence-electron chi connectivity index (χ4n) is 1.47. The van der Waals surface area contributed by atoms with Gasteiger partial charge in [0.15, 0.2) is 9.84 Å². The Morgan fingerprint density at radius 3 is 2.91 bits per heavy atom. The van der Waals surface area contributed by atoms with Crippen molar-refractivity contribution in [1.29, 1.82) is 0 Å². The van der Waals surface area contributed by atoms with Gasteiger partial charge in [-0.25, -0.2) is 8.42 Å². The number of sulfone groups is 1. The molecule has 0 amide bonds. The zero-order chi connectivity index (χ0) is 8.06. The Morgan fingerprint density at radius 2 is 2.36 bits per heavy atom. The fourth-order valence-corrected chi connectivity index (χ4v) is 2.95. The average molecular weight is 172 g/mol. The van der Waals surface area contributed by atoms with Gasteiger partial charge in [-0.3, -0.25) is 0 Å². The van der Waals surface area contributed by atoms with Crippen molar-refractivity contribution in [2.45, 2.75) is 6.42 Å². The summed E-state index contributed by atoms with van der Waals surface area (Å²) in [7, 11) is -3.04. The highest BCUT2D eigenvalue weighted by Gasteiger charge is 2.37. The van der Waals surface area contributed by atoms with Gasteiger partial charge in [-0.05, 0) is 18.1 Å². The van der Waals surface area contributed by atoms with Gasteiger partial charge in [-0.15, -0.1) is 0 Å². The van der Waals surface area contributed by atoms with Crippen LogP contribution in [-0.4, -0.2) is 20.1 Å². The maximum Gasteiger partial charge on any atom is 0.196 e. The topological polar surface area (TPSA) is 54.4 Å². The van der Waals surface area contributed by atoms with E-state index in [-0.39, 0.29) is 12.5 Å². The van der Waals surface area contributed by atoms with Crippen LogP contribution in [0.25, 0.3) is 0 Å². The molecule has 0 aromatic heterocycles. The highest BCUT2D eigenvalue weighted by molar-refractivity contribution is 7.98. The van der Waals surface area contributed by atoms with E-state index in [0.29, 0.717) is 11.3 Å². The fraction of sp³-hybridized carbons (Fsp3) is 0.429. The van der Waals surface area contributed by atoms with Gasteiger partial charge < -0.3 is 5.11 Å². The first-order chi connectivity index (χ1) is 5.15. The Morgan fingerprint density at radius 1 is 1.64 bits per heavy atom. The van der Waals surface area contributed by atoms with Crippen molar-refractivity contribution in [2.75, 3.05) is 6.61 Å². The molecule has 0 radical (unpaired) electrons. The van der Waals surface area contributed by atoms with Crippen molar-refractivity contribution < 1.29 is 13.5 Å². The van der Waals surface area contributed by atoms with Crippen LogP contribution < -0.4 is 0 Å². The molecule has 1 unspecified atom stereocenters. The van der Waals surface area contributed by atoms with E-state index in [0.717, 1.165) is 5.57 Å². The smallest absolute Gasteiger partial charge is 0.196 e. The van der Waals surface area contributed by atoms with Gasteiger partial charge in [0.05, 0.1) is 11.5 Å². The van der Waals surface area contributed by atoms with E-state index in [9.17, 15) is 8.42 Å². The third kappa shape index (κ3) is 0.795. The molecule has 1 atom stereocenters. The second-order valence-electron chi connectivity index (χ2n) is 2.81. The summed E-state index contributed by atoms with van der Waals surface area (Å²) in [5.74, 6) is 0.0681. The average Bonchev–Trinajstić information content (AvgIpc) is 2.04. The largest absolute Gasteiger partial charge is 0.396 e. The first-order valence-corrected chi connectivity index (χ1v) is 4.97. The molecule has 0 spiro atoms. The lowest BCUT2D eigenvalue weighted by Gasteiger charge is -2.25. The number of aliphatic hydroxyl groups excluding tert-OH is 1. The molecule has 2 rings (SSSR count). The highest BCUT2D eigenvalue weighted by atomic mass is 32.2. The lowest BCUT2D eigenvalue weighted by molar-refractivity contribution is 0.238. The van der Waals surface area contributed by atoms with Gasteiger partial charge >= 0.3 is 0 Å². The van der Waals surface area contributed by atoms with Gasteiger partial charge in [0.2, 0.25) is 0 Å². The third-order valence-corrected chi connectivity index (χ3v) is 3.77. The molecular formula is C7H8O3S. The third-order valence-electron chi connectivity index (χ3n) is 2.18. The minimum Gasteiger partial charge on any atom is -0.396 e. The van der Waals surface area contributed by atoms with Gasteiger partial charge in [0.1, 0.15) is 0 Å². The molecule has 0 bridgehead atoms. The molecule has 0 aromatic rings. The van der Waals surface area contributed by atoms with E-state index < -0.39 is 9.84 Å². The lowest BCUT2D eigenvalue weighted by Crippen LogP contribution is -2.21. The standard InChI is InChI=1S/C7H8O3S/c8-4-5-3-7-6(5)1-2-11(7,9)10/h1-2,5,8H,3-4H2. The van der Waals surface area contributed by atoms with Crippen LogP contribution in [0.3, 0.4) is 0 Å². The van der Waals surface area contributed by atoms with Crippen molar-refractivity contribution in [1.82, 2.24) is 0 Å². The maximum atomic E-state index is 11.1. The second-order valence-corrected chi connectivity index (χ2v) is 4.66. The van der Waals surface area contributed by atoms with Crippen LogP contribution in [0.2, 0.25) is 0 Å². The molecule has 2 aliphatic rings. The van der Waals surface area contributed by atoms with Crippen molar-refractivity contribution in [2.24, 2.45) is 5.92 Å². The summed E-state index contributed by atoms with van der Waals surface area (Å²) in [4.78, 5) is 0.511. The molecule has 1 aliphatic carbocycles. The summed E-state index contributed by atoms with van der Waals surface area (Å²) in [5.41, 5.74) is 0.813. The first kappa shape index (κ1) is 7.06. The van der Waals surface area contributed by atoms with Gasteiger partial charge in [-0.2, -0.15) is 0 Å². The minimum absolute atomic E-state index is 0.0543. The molecule has 4 heteroatoms. The SMILES string of the molecule is O=S1(=O)C=CC2=C1CC2CO. The van der Waals surface area contributed by atoms with Gasteiger partial charge in [-0.1, -0.05) is 0 Å². The molecule has 0 saturated heterocycles. The van der Waals surface area contributed by atoms with Gasteiger partial charge in [0.25, 0.3) is 0 Å². The minimum atomic E-state index is -3.04. The monoisotopic (exact) mass is 172 g/mol. The Kier molecular flexibility index (Phi) is 1.25. The number of rotatable bonds is 1. The molecule has 0 aromatic carbocycles. The predicted octanol–water partition coefficient (Wildman–Crippen LogP) is 0.195. The predicted molar refractivity (Wildman–Crippen MR) is 40.3 cm³/mol. The highest BCUT2D eigenvalue weighted by Crippen LogP contribution is 2.43. The second kappa shape index (κ2) is 1.95. The summed E-state index contributed by atoms with van der Waals surface area (Å²) in [6.45, 7) is 0.0543. The Hall–Kier alpha value is -0.610. The molecule has 11 heavy (non-hydrogen) atoms. The summed E-state index contributed by atoms with van der Waals surface area (Å²) >= 11 is 0. The van der Waals surface area contributed by atoms with Crippen molar-refractivity contribution >= 4 is 9.84 Å². The zero-order valence-electron chi connectivity index (χ0n) is 5.82. The van der Waals surface area contributed by atoms with Crippen LogP contribution in [-0.2, 0) is 9.84 Å². The molecule has 1 aliphatic heterocycles. The molecular weight excluding hydrogens is 164 g/mol. The maximum absolute atomic E-state index is 11.1. The number of hydrogen-bond acceptors (Lipinski definition) is 3. The first-order valence-electron chi connectivity index (χ1n) is 3.42. The van der Waals surface area contributed by atoms with E-state index in [1.807, 2.05) is 0 Å². The van der Waals surface area contributed by atoms with E-state index >= 15 is 0 Å². The normalized spacial score (nSPS) is 31.9. The summed E-state index contributed by atoms with van der Waals surface area (Å²) in [5, 5.41) is 9.96. The Labute approximate surface area is 65.0 Å². The molecule has 60 valence electrons. The molecule has 1 heterocycles. The van der Waals surface area contributed by atoms with Crippen LogP contribution in [0.4, 0.5) is 0 Å². The Bertz CT molecular complexity index is 348. The van der Waals surface area contributed by atoms with Crippen LogP contribution in [0.1, 0.15) is 6.42 Å². The van der Waals surface area contributed by atoms with Crippen molar-refractivity contribution in [3.05, 3.63) is 22.0 Å². The molecule has 3 nitrogen and oxygen atoms in total. The summed E-state index contributed by atoms with van der Waals surface area (Å²) in [6, 6.07) is 0. The summed E-state index contributed by atoms with van der Waals surface area (Å²) in [6.07, 6.45) is 2.11. The number of aliphatic hydroxyl groups is 1. The number of allylic oxidation sites excluding steroid dienone is 2. The molecule has 0 saturated carbocycles. The van der Waals surface area contributed by atoms with E-state index in [4.69, 9.17) is 5.11 Å². The quantitative estimate of drug-likeness (QED) is 0.614. The van der Waals surface area contributed by atoms with Crippen LogP contribution in [0, 0.1) is 5.92 Å². The van der Waals surface area contributed by atoms with Crippen molar-refractivity contribution in [3.8, 4) is 0 Å². The van der Waals surface area contributed by atoms with E-state index in [2.05, 4.69) is 0 Å².